The topological polar surface area (TPSA) is 78.7 Å². The maximum atomic E-state index is 12.6. The average Bonchev–Trinajstić information content (AvgIpc) is 3.19. The predicted octanol–water partition coefficient (Wildman–Crippen LogP) is 1.38. The van der Waals surface area contributed by atoms with Gasteiger partial charge in [0.1, 0.15) is 5.76 Å². The molecule has 2 amide bonds. The minimum Gasteiger partial charge on any atom is -0.467 e. The highest BCUT2D eigenvalue weighted by atomic mass is 16.3. The van der Waals surface area contributed by atoms with Crippen molar-refractivity contribution in [2.45, 2.75) is 13.5 Å². The van der Waals surface area contributed by atoms with Crippen LogP contribution in [0.15, 0.2) is 41.3 Å². The summed E-state index contributed by atoms with van der Waals surface area (Å²) < 4.78 is 5.18. The van der Waals surface area contributed by atoms with Crippen LogP contribution in [-0.2, 0) is 6.54 Å². The maximum absolute atomic E-state index is 12.6. The van der Waals surface area contributed by atoms with Gasteiger partial charge in [0, 0.05) is 38.6 Å². The van der Waals surface area contributed by atoms with Gasteiger partial charge in [-0.1, -0.05) is 6.92 Å². The highest BCUT2D eigenvalue weighted by molar-refractivity contribution is 5.99. The van der Waals surface area contributed by atoms with E-state index in [0.29, 0.717) is 36.5 Å². The normalized spacial score (nSPS) is 15.2. The van der Waals surface area contributed by atoms with Gasteiger partial charge in [0.2, 0.25) is 0 Å². The number of rotatable bonds is 5. The number of piperazine rings is 1. The van der Waals surface area contributed by atoms with Crippen LogP contribution in [0, 0.1) is 0 Å². The summed E-state index contributed by atoms with van der Waals surface area (Å²) in [4.78, 5) is 33.1. The summed E-state index contributed by atoms with van der Waals surface area (Å²) in [5.74, 6) is 0.306. The summed E-state index contributed by atoms with van der Waals surface area (Å²) in [6.45, 7) is 6.55. The van der Waals surface area contributed by atoms with E-state index in [4.69, 9.17) is 4.42 Å². The van der Waals surface area contributed by atoms with E-state index in [2.05, 4.69) is 22.1 Å². The first-order valence-corrected chi connectivity index (χ1v) is 8.44. The molecule has 0 aliphatic carbocycles. The molecule has 0 bridgehead atoms. The number of carbonyl (C=O) groups excluding carboxylic acids is 2. The molecular weight excluding hydrogens is 320 g/mol. The fourth-order valence-corrected chi connectivity index (χ4v) is 2.81. The van der Waals surface area contributed by atoms with Crippen molar-refractivity contribution in [1.82, 2.24) is 20.1 Å². The first kappa shape index (κ1) is 17.2. The van der Waals surface area contributed by atoms with Gasteiger partial charge in [-0.25, -0.2) is 0 Å². The first-order chi connectivity index (χ1) is 12.2. The molecule has 0 saturated carbocycles. The van der Waals surface area contributed by atoms with E-state index in [1.165, 1.54) is 12.4 Å². The quantitative estimate of drug-likeness (QED) is 0.888. The number of aromatic nitrogens is 1. The SMILES string of the molecule is CCN1CCN(C(=O)c2cncc(C(=O)NCc3ccco3)c2)CC1. The lowest BCUT2D eigenvalue weighted by molar-refractivity contribution is 0.0643. The summed E-state index contributed by atoms with van der Waals surface area (Å²) in [5, 5.41) is 2.76. The van der Waals surface area contributed by atoms with E-state index < -0.39 is 0 Å². The van der Waals surface area contributed by atoms with Crippen LogP contribution in [0.2, 0.25) is 0 Å². The van der Waals surface area contributed by atoms with Crippen LogP contribution in [-0.4, -0.2) is 59.3 Å². The molecule has 1 saturated heterocycles. The first-order valence-electron chi connectivity index (χ1n) is 8.44. The van der Waals surface area contributed by atoms with Gasteiger partial charge in [0.25, 0.3) is 11.8 Å². The van der Waals surface area contributed by atoms with Crippen molar-refractivity contribution in [3.63, 3.8) is 0 Å². The predicted molar refractivity (Wildman–Crippen MR) is 92.1 cm³/mol. The molecule has 132 valence electrons. The smallest absolute Gasteiger partial charge is 0.255 e. The number of pyridine rings is 1. The summed E-state index contributed by atoms with van der Waals surface area (Å²) in [5.41, 5.74) is 0.806. The fraction of sp³-hybridized carbons (Fsp3) is 0.389. The third-order valence-electron chi connectivity index (χ3n) is 4.36. The van der Waals surface area contributed by atoms with Crippen LogP contribution in [0.5, 0.6) is 0 Å². The summed E-state index contributed by atoms with van der Waals surface area (Å²) >= 11 is 0. The maximum Gasteiger partial charge on any atom is 0.255 e. The van der Waals surface area contributed by atoms with Gasteiger partial charge < -0.3 is 19.5 Å². The Kier molecular flexibility index (Phi) is 5.45. The van der Waals surface area contributed by atoms with Gasteiger partial charge >= 0.3 is 0 Å². The molecule has 1 aliphatic heterocycles. The second-order valence-electron chi connectivity index (χ2n) is 5.95. The van der Waals surface area contributed by atoms with Crippen LogP contribution in [0.3, 0.4) is 0 Å². The Morgan fingerprint density at radius 1 is 1.20 bits per heavy atom. The highest BCUT2D eigenvalue weighted by Gasteiger charge is 2.22. The molecule has 0 unspecified atom stereocenters. The van der Waals surface area contributed by atoms with Crippen LogP contribution in [0.4, 0.5) is 0 Å². The standard InChI is InChI=1S/C18H22N4O3/c1-2-21-5-7-22(8-6-21)18(24)15-10-14(11-19-12-15)17(23)20-13-16-4-3-9-25-16/h3-4,9-12H,2,5-8,13H2,1H3,(H,20,23). The molecule has 1 aliphatic rings. The third kappa shape index (κ3) is 4.24. The number of nitrogens with one attached hydrogen (secondary N) is 1. The summed E-state index contributed by atoms with van der Waals surface area (Å²) in [6.07, 6.45) is 4.53. The lowest BCUT2D eigenvalue weighted by Crippen LogP contribution is -2.48. The highest BCUT2D eigenvalue weighted by Crippen LogP contribution is 2.10. The molecule has 2 aromatic heterocycles. The van der Waals surface area contributed by atoms with Crippen LogP contribution in [0.1, 0.15) is 33.4 Å². The van der Waals surface area contributed by atoms with E-state index in [9.17, 15) is 9.59 Å². The lowest BCUT2D eigenvalue weighted by atomic mass is 10.1. The zero-order chi connectivity index (χ0) is 17.6. The zero-order valence-electron chi connectivity index (χ0n) is 14.3. The van der Waals surface area contributed by atoms with Crippen LogP contribution < -0.4 is 5.32 Å². The van der Waals surface area contributed by atoms with Gasteiger partial charge in [-0.15, -0.1) is 0 Å². The molecule has 0 spiro atoms. The molecule has 3 rings (SSSR count). The molecule has 0 atom stereocenters. The van der Waals surface area contributed by atoms with E-state index >= 15 is 0 Å². The van der Waals surface area contributed by atoms with Crippen molar-refractivity contribution >= 4 is 11.8 Å². The van der Waals surface area contributed by atoms with Gasteiger partial charge in [0.15, 0.2) is 0 Å². The van der Waals surface area contributed by atoms with Crippen molar-refractivity contribution in [3.8, 4) is 0 Å². The van der Waals surface area contributed by atoms with Crippen molar-refractivity contribution < 1.29 is 14.0 Å². The number of carbonyl (C=O) groups is 2. The Bertz CT molecular complexity index is 722. The summed E-state index contributed by atoms with van der Waals surface area (Å²) in [7, 11) is 0. The van der Waals surface area contributed by atoms with Gasteiger partial charge in [-0.2, -0.15) is 0 Å². The molecule has 2 aromatic rings. The number of hydrogen-bond acceptors (Lipinski definition) is 5. The molecule has 0 aromatic carbocycles. The molecule has 3 heterocycles. The molecule has 1 N–H and O–H groups in total. The number of furan rings is 1. The molecule has 1 fully saturated rings. The molecule has 7 heteroatoms. The van der Waals surface area contributed by atoms with Gasteiger partial charge in [0.05, 0.1) is 23.9 Å². The van der Waals surface area contributed by atoms with Crippen molar-refractivity contribution in [2.75, 3.05) is 32.7 Å². The Hall–Kier alpha value is -2.67. The van der Waals surface area contributed by atoms with Crippen molar-refractivity contribution in [2.24, 2.45) is 0 Å². The second kappa shape index (κ2) is 7.94. The van der Waals surface area contributed by atoms with Crippen LogP contribution in [0.25, 0.3) is 0 Å². The second-order valence-corrected chi connectivity index (χ2v) is 5.95. The van der Waals surface area contributed by atoms with E-state index in [1.807, 2.05) is 4.90 Å². The van der Waals surface area contributed by atoms with E-state index in [0.717, 1.165) is 19.6 Å². The van der Waals surface area contributed by atoms with Crippen molar-refractivity contribution in [3.05, 3.63) is 53.7 Å². The lowest BCUT2D eigenvalue weighted by Gasteiger charge is -2.34. The number of amides is 2. The minimum absolute atomic E-state index is 0.0797. The van der Waals surface area contributed by atoms with Crippen molar-refractivity contribution in [1.29, 1.82) is 0 Å². The van der Waals surface area contributed by atoms with Gasteiger partial charge in [-0.05, 0) is 24.7 Å². The summed E-state index contributed by atoms with van der Waals surface area (Å²) in [6, 6.07) is 5.15. The van der Waals surface area contributed by atoms with E-state index in [-0.39, 0.29) is 11.8 Å². The number of likely N-dealkylation sites (N-methyl/N-ethyl adjacent to an activating group) is 1. The molecule has 7 nitrogen and oxygen atoms in total. The number of hydrogen-bond donors (Lipinski definition) is 1. The minimum atomic E-state index is -0.283. The Labute approximate surface area is 146 Å². The third-order valence-corrected chi connectivity index (χ3v) is 4.36. The largest absolute Gasteiger partial charge is 0.467 e. The molecule has 25 heavy (non-hydrogen) atoms. The Balaban J connectivity index is 1.62. The zero-order valence-corrected chi connectivity index (χ0v) is 14.3. The van der Waals surface area contributed by atoms with Crippen LogP contribution >= 0.6 is 0 Å². The monoisotopic (exact) mass is 342 g/mol. The van der Waals surface area contributed by atoms with E-state index in [1.54, 1.807) is 24.5 Å². The Morgan fingerprint density at radius 3 is 2.64 bits per heavy atom. The fourth-order valence-electron chi connectivity index (χ4n) is 2.81. The Morgan fingerprint density at radius 2 is 1.96 bits per heavy atom. The molecule has 0 radical (unpaired) electrons. The average molecular weight is 342 g/mol. The number of nitrogens with zero attached hydrogens (tertiary/aromatic N) is 3. The molecular formula is C18H22N4O3. The van der Waals surface area contributed by atoms with Gasteiger partial charge in [-0.3, -0.25) is 14.6 Å².